The second kappa shape index (κ2) is 9.20. The molecule has 0 saturated carbocycles. The van der Waals surface area contributed by atoms with Gasteiger partial charge in [-0.3, -0.25) is 10.2 Å². The van der Waals surface area contributed by atoms with E-state index in [2.05, 4.69) is 15.4 Å². The minimum absolute atomic E-state index is 0.121. The van der Waals surface area contributed by atoms with E-state index in [-0.39, 0.29) is 5.91 Å². The van der Waals surface area contributed by atoms with E-state index in [1.54, 1.807) is 23.1 Å². The minimum atomic E-state index is -0.121. The molecule has 1 amide bonds. The van der Waals surface area contributed by atoms with Crippen LogP contribution in [-0.2, 0) is 0 Å². The van der Waals surface area contributed by atoms with Crippen LogP contribution in [0.3, 0.4) is 0 Å². The summed E-state index contributed by atoms with van der Waals surface area (Å²) in [5, 5.41) is 6.46. The average Bonchev–Trinajstić information content (AvgIpc) is 3.17. The summed E-state index contributed by atoms with van der Waals surface area (Å²) in [7, 11) is 0. The summed E-state index contributed by atoms with van der Waals surface area (Å²) in [6.07, 6.45) is 0. The number of carbonyl (C=O) groups is 1. The summed E-state index contributed by atoms with van der Waals surface area (Å²) in [5.74, 6) is -0.121. The molecule has 1 aliphatic heterocycles. The smallest absolute Gasteiger partial charge is 0.255 e. The molecule has 162 valence electrons. The van der Waals surface area contributed by atoms with Crippen LogP contribution < -0.4 is 10.3 Å². The van der Waals surface area contributed by atoms with Crippen molar-refractivity contribution in [3.8, 4) is 0 Å². The molecule has 0 atom stereocenters. The van der Waals surface area contributed by atoms with Gasteiger partial charge in [0, 0.05) is 36.9 Å². The Kier molecular flexibility index (Phi) is 6.57. The lowest BCUT2D eigenvalue weighted by Gasteiger charge is -2.36. The van der Waals surface area contributed by atoms with Crippen LogP contribution in [0.4, 0.5) is 10.8 Å². The first-order valence-electron chi connectivity index (χ1n) is 9.68. The van der Waals surface area contributed by atoms with E-state index in [0.717, 1.165) is 21.6 Å². The number of aromatic nitrogens is 1. The Morgan fingerprint density at radius 3 is 2.48 bits per heavy atom. The van der Waals surface area contributed by atoms with Crippen LogP contribution >= 0.6 is 46.1 Å². The maximum Gasteiger partial charge on any atom is 0.255 e. The molecule has 0 aliphatic carbocycles. The van der Waals surface area contributed by atoms with Gasteiger partial charge in [0.05, 0.1) is 26.0 Å². The number of rotatable bonds is 4. The molecule has 6 nitrogen and oxygen atoms in total. The van der Waals surface area contributed by atoms with Crippen molar-refractivity contribution in [3.05, 3.63) is 51.0 Å². The molecule has 2 heterocycles. The molecule has 1 N–H and O–H groups in total. The number of halogens is 3. The summed E-state index contributed by atoms with van der Waals surface area (Å²) >= 11 is 20.4. The molecule has 0 bridgehead atoms. The molecule has 0 unspecified atom stereocenters. The van der Waals surface area contributed by atoms with E-state index >= 15 is 0 Å². The third kappa shape index (κ3) is 4.75. The molecule has 1 aromatic heterocycles. The zero-order chi connectivity index (χ0) is 22.1. The Bertz CT molecular complexity index is 1170. The first-order chi connectivity index (χ1) is 14.8. The van der Waals surface area contributed by atoms with E-state index in [1.807, 2.05) is 26.0 Å². The molecular weight excluding hydrogens is 477 g/mol. The highest BCUT2D eigenvalue weighted by Gasteiger charge is 2.26. The molecule has 3 aromatic rings. The number of hydrogen-bond donors (Lipinski definition) is 1. The Morgan fingerprint density at radius 2 is 1.77 bits per heavy atom. The number of anilines is 2. The second-order valence-electron chi connectivity index (χ2n) is 7.34. The molecular formula is C21H20Cl3N5OS. The highest BCUT2D eigenvalue weighted by atomic mass is 35.5. The number of benzene rings is 2. The lowest BCUT2D eigenvalue weighted by molar-refractivity contribution is 0.0747. The van der Waals surface area contributed by atoms with Gasteiger partial charge in [0.1, 0.15) is 5.52 Å². The zero-order valence-electron chi connectivity index (χ0n) is 17.0. The predicted molar refractivity (Wildman–Crippen MR) is 132 cm³/mol. The van der Waals surface area contributed by atoms with Gasteiger partial charge in [0.15, 0.2) is 0 Å². The Labute approximate surface area is 199 Å². The van der Waals surface area contributed by atoms with Crippen LogP contribution in [-0.4, -0.2) is 47.7 Å². The summed E-state index contributed by atoms with van der Waals surface area (Å²) in [5.41, 5.74) is 6.04. The van der Waals surface area contributed by atoms with Crippen LogP contribution in [0.5, 0.6) is 0 Å². The van der Waals surface area contributed by atoms with Crippen molar-refractivity contribution in [3.63, 3.8) is 0 Å². The van der Waals surface area contributed by atoms with Crippen LogP contribution in [0, 0.1) is 0 Å². The Morgan fingerprint density at radius 1 is 1.06 bits per heavy atom. The molecule has 2 aromatic carbocycles. The molecule has 0 radical (unpaired) electrons. The number of carbonyl (C=O) groups excluding carboxylic acids is 1. The summed E-state index contributed by atoms with van der Waals surface area (Å²) in [6, 6.07) is 8.78. The molecule has 31 heavy (non-hydrogen) atoms. The number of amides is 1. The van der Waals surface area contributed by atoms with Crippen LogP contribution in [0.2, 0.25) is 15.1 Å². The molecule has 4 rings (SSSR count). The normalized spacial score (nSPS) is 14.1. The van der Waals surface area contributed by atoms with Crippen molar-refractivity contribution in [1.29, 1.82) is 0 Å². The monoisotopic (exact) mass is 495 g/mol. The zero-order valence-corrected chi connectivity index (χ0v) is 20.0. The maximum absolute atomic E-state index is 12.9. The van der Waals surface area contributed by atoms with Crippen molar-refractivity contribution in [2.75, 3.05) is 36.5 Å². The average molecular weight is 497 g/mol. The van der Waals surface area contributed by atoms with Gasteiger partial charge in [0.2, 0.25) is 5.13 Å². The van der Waals surface area contributed by atoms with Crippen LogP contribution in [0.15, 0.2) is 35.4 Å². The van der Waals surface area contributed by atoms with E-state index < -0.39 is 0 Å². The third-order valence-electron chi connectivity index (χ3n) is 4.90. The first kappa shape index (κ1) is 22.1. The first-order valence-corrected chi connectivity index (χ1v) is 11.6. The van der Waals surface area contributed by atoms with Crippen molar-refractivity contribution in [2.45, 2.75) is 13.8 Å². The van der Waals surface area contributed by atoms with Crippen molar-refractivity contribution in [1.82, 2.24) is 9.88 Å². The lowest BCUT2D eigenvalue weighted by Crippen LogP contribution is -2.49. The molecule has 1 saturated heterocycles. The Hall–Kier alpha value is -2.06. The van der Waals surface area contributed by atoms with Gasteiger partial charge < -0.3 is 9.80 Å². The highest BCUT2D eigenvalue weighted by molar-refractivity contribution is 7.22. The quantitative estimate of drug-likeness (QED) is 0.354. The number of fused-ring (bicyclic) bond motifs is 1. The van der Waals surface area contributed by atoms with E-state index in [4.69, 9.17) is 39.8 Å². The SMILES string of the molecule is CC(C)=NNc1nc2c(N3CCN(C(=O)c4cc(Cl)ccc4Cl)CC3)c(Cl)ccc2s1. The van der Waals surface area contributed by atoms with Crippen LogP contribution in [0.1, 0.15) is 24.2 Å². The fourth-order valence-electron chi connectivity index (χ4n) is 3.43. The fourth-order valence-corrected chi connectivity index (χ4v) is 4.88. The molecule has 1 aliphatic rings. The van der Waals surface area contributed by atoms with Gasteiger partial charge in [-0.05, 0) is 44.2 Å². The van der Waals surface area contributed by atoms with Gasteiger partial charge in [-0.1, -0.05) is 46.1 Å². The van der Waals surface area contributed by atoms with E-state index in [9.17, 15) is 4.79 Å². The molecule has 10 heteroatoms. The van der Waals surface area contributed by atoms with Crippen molar-refractivity contribution < 1.29 is 4.79 Å². The summed E-state index contributed by atoms with van der Waals surface area (Å²) < 4.78 is 1.02. The number of thiazole rings is 1. The number of hydrazone groups is 1. The number of piperazine rings is 1. The Balaban J connectivity index is 1.54. The predicted octanol–water partition coefficient (Wildman–Crippen LogP) is 6.03. The van der Waals surface area contributed by atoms with Gasteiger partial charge in [-0.2, -0.15) is 5.10 Å². The van der Waals surface area contributed by atoms with Crippen molar-refractivity contribution >= 4 is 78.8 Å². The highest BCUT2D eigenvalue weighted by Crippen LogP contribution is 2.38. The van der Waals surface area contributed by atoms with Gasteiger partial charge >= 0.3 is 0 Å². The van der Waals surface area contributed by atoms with Crippen molar-refractivity contribution in [2.24, 2.45) is 5.10 Å². The molecule has 1 fully saturated rings. The maximum atomic E-state index is 12.9. The number of nitrogens with zero attached hydrogens (tertiary/aromatic N) is 4. The van der Waals surface area contributed by atoms with E-state index in [0.29, 0.717) is 51.9 Å². The third-order valence-corrected chi connectivity index (χ3v) is 6.70. The van der Waals surface area contributed by atoms with Gasteiger partial charge in [-0.15, -0.1) is 0 Å². The molecule has 0 spiro atoms. The minimum Gasteiger partial charge on any atom is -0.365 e. The topological polar surface area (TPSA) is 60.8 Å². The largest absolute Gasteiger partial charge is 0.365 e. The number of hydrogen-bond acceptors (Lipinski definition) is 6. The number of nitrogens with one attached hydrogen (secondary N) is 1. The summed E-state index contributed by atoms with van der Waals surface area (Å²) in [6.45, 7) is 6.19. The van der Waals surface area contributed by atoms with Gasteiger partial charge in [0.25, 0.3) is 5.91 Å². The van der Waals surface area contributed by atoms with E-state index in [1.165, 1.54) is 11.3 Å². The lowest BCUT2D eigenvalue weighted by atomic mass is 10.1. The van der Waals surface area contributed by atoms with Crippen LogP contribution in [0.25, 0.3) is 10.2 Å². The fraction of sp³-hybridized carbons (Fsp3) is 0.286. The van der Waals surface area contributed by atoms with Gasteiger partial charge in [-0.25, -0.2) is 4.98 Å². The summed E-state index contributed by atoms with van der Waals surface area (Å²) in [4.78, 5) is 21.6. The standard InChI is InChI=1S/C21H20Cl3N5OS/c1-12(2)26-27-21-25-18-17(31-21)6-5-16(24)19(18)28-7-9-29(10-8-28)20(30)14-11-13(22)3-4-15(14)23/h3-6,11H,7-10H2,1-2H3,(H,25,27). The second-order valence-corrected chi connectivity index (χ2v) is 9.62.